The van der Waals surface area contributed by atoms with Gasteiger partial charge in [-0.3, -0.25) is 9.59 Å². The molecule has 20 heavy (non-hydrogen) atoms. The van der Waals surface area contributed by atoms with E-state index in [-0.39, 0.29) is 17.6 Å². The van der Waals surface area contributed by atoms with Gasteiger partial charge in [-0.15, -0.1) is 11.8 Å². The van der Waals surface area contributed by atoms with Crippen molar-refractivity contribution in [2.45, 2.75) is 57.6 Å². The van der Waals surface area contributed by atoms with Gasteiger partial charge in [0.05, 0.1) is 5.25 Å². The van der Waals surface area contributed by atoms with Crippen LogP contribution in [-0.2, 0) is 9.59 Å². The highest BCUT2D eigenvalue weighted by molar-refractivity contribution is 8.00. The lowest BCUT2D eigenvalue weighted by Gasteiger charge is -2.34. The molecule has 5 heteroatoms. The summed E-state index contributed by atoms with van der Waals surface area (Å²) in [4.78, 5) is 24.9. The third-order valence-corrected chi connectivity index (χ3v) is 5.04. The molecule has 1 rings (SSSR count). The summed E-state index contributed by atoms with van der Waals surface area (Å²) in [5.41, 5.74) is 0. The molecule has 0 aromatic heterocycles. The summed E-state index contributed by atoms with van der Waals surface area (Å²) in [7, 11) is 0. The van der Waals surface area contributed by atoms with Crippen LogP contribution in [0.4, 0.5) is 0 Å². The first-order valence-corrected chi connectivity index (χ1v) is 8.71. The number of aliphatic carboxylic acids is 1. The van der Waals surface area contributed by atoms with Crippen LogP contribution < -0.4 is 0 Å². The number of carbonyl (C=O) groups excluding carboxylic acids is 1. The van der Waals surface area contributed by atoms with E-state index in [1.54, 1.807) is 11.8 Å². The quantitative estimate of drug-likeness (QED) is 0.700. The first kappa shape index (κ1) is 17.3. The fourth-order valence-corrected chi connectivity index (χ4v) is 3.66. The predicted molar refractivity (Wildman–Crippen MR) is 83.0 cm³/mol. The Morgan fingerprint density at radius 3 is 2.85 bits per heavy atom. The van der Waals surface area contributed by atoms with Gasteiger partial charge in [0.2, 0.25) is 5.91 Å². The van der Waals surface area contributed by atoms with Gasteiger partial charge >= 0.3 is 5.97 Å². The highest BCUT2D eigenvalue weighted by Gasteiger charge is 2.26. The number of hydrogen-bond acceptors (Lipinski definition) is 3. The van der Waals surface area contributed by atoms with Gasteiger partial charge in [0.15, 0.2) is 0 Å². The van der Waals surface area contributed by atoms with Gasteiger partial charge in [-0.2, -0.15) is 0 Å². The first-order valence-electron chi connectivity index (χ1n) is 7.66. The van der Waals surface area contributed by atoms with Crippen LogP contribution in [0, 0.1) is 5.92 Å². The van der Waals surface area contributed by atoms with E-state index in [9.17, 15) is 9.59 Å². The fourth-order valence-electron chi connectivity index (χ4n) is 2.56. The molecule has 1 heterocycles. The Labute approximate surface area is 126 Å². The second-order valence-corrected chi connectivity index (χ2v) is 7.04. The number of unbranched alkanes of at least 4 members (excludes halogenated alkanes) is 1. The minimum Gasteiger partial charge on any atom is -0.481 e. The molecule has 1 aliphatic rings. The molecular weight excluding hydrogens is 274 g/mol. The number of amides is 1. The molecule has 2 atom stereocenters. The van der Waals surface area contributed by atoms with Crippen LogP contribution in [0.2, 0.25) is 0 Å². The van der Waals surface area contributed by atoms with Crippen LogP contribution in [0.3, 0.4) is 0 Å². The van der Waals surface area contributed by atoms with Crippen LogP contribution in [0.5, 0.6) is 0 Å². The minimum absolute atomic E-state index is 0.0276. The van der Waals surface area contributed by atoms with Crippen molar-refractivity contribution in [2.75, 3.05) is 18.8 Å². The average molecular weight is 301 g/mol. The van der Waals surface area contributed by atoms with Crippen molar-refractivity contribution in [3.8, 4) is 0 Å². The van der Waals surface area contributed by atoms with Gasteiger partial charge < -0.3 is 10.0 Å². The lowest BCUT2D eigenvalue weighted by Crippen LogP contribution is -2.43. The zero-order valence-corrected chi connectivity index (χ0v) is 13.5. The minimum atomic E-state index is -0.739. The number of carboxylic acid groups (broad SMARTS) is 1. The number of likely N-dealkylation sites (tertiary alicyclic amines) is 1. The lowest BCUT2D eigenvalue weighted by molar-refractivity contribution is -0.137. The second kappa shape index (κ2) is 9.27. The third-order valence-electron chi connectivity index (χ3n) is 3.81. The molecule has 0 aromatic rings. The summed E-state index contributed by atoms with van der Waals surface area (Å²) in [5.74, 6) is 0.888. The molecule has 0 spiro atoms. The van der Waals surface area contributed by atoms with Gasteiger partial charge in [-0.05, 0) is 44.3 Å². The maximum absolute atomic E-state index is 12.4. The van der Waals surface area contributed by atoms with E-state index in [0.717, 1.165) is 44.5 Å². The smallest absolute Gasteiger partial charge is 0.303 e. The van der Waals surface area contributed by atoms with Crippen molar-refractivity contribution in [1.29, 1.82) is 0 Å². The molecule has 0 saturated carbocycles. The van der Waals surface area contributed by atoms with Gasteiger partial charge in [0, 0.05) is 19.5 Å². The molecule has 1 aliphatic heterocycles. The lowest BCUT2D eigenvalue weighted by atomic mass is 9.93. The van der Waals surface area contributed by atoms with Crippen LogP contribution in [-0.4, -0.2) is 46.0 Å². The molecule has 1 fully saturated rings. The van der Waals surface area contributed by atoms with Gasteiger partial charge in [0.1, 0.15) is 0 Å². The standard InChI is InChI=1S/C15H27NO3S/c1-3-4-10-20-12(2)15(19)16-9-5-6-13(11-16)7-8-14(17)18/h12-13H,3-11H2,1-2H3,(H,17,18). The molecule has 0 bridgehead atoms. The van der Waals surface area contributed by atoms with E-state index in [1.165, 1.54) is 0 Å². The van der Waals surface area contributed by atoms with E-state index in [2.05, 4.69) is 6.92 Å². The SMILES string of the molecule is CCCCSC(C)C(=O)N1CCCC(CCC(=O)O)C1. The van der Waals surface area contributed by atoms with Crippen molar-refractivity contribution in [2.24, 2.45) is 5.92 Å². The summed E-state index contributed by atoms with van der Waals surface area (Å²) in [6, 6.07) is 0. The Morgan fingerprint density at radius 1 is 1.45 bits per heavy atom. The maximum atomic E-state index is 12.4. The molecule has 0 aromatic carbocycles. The van der Waals surface area contributed by atoms with Crippen LogP contribution in [0.15, 0.2) is 0 Å². The molecule has 2 unspecified atom stereocenters. The van der Waals surface area contributed by atoms with E-state index in [4.69, 9.17) is 5.11 Å². The molecule has 0 radical (unpaired) electrons. The maximum Gasteiger partial charge on any atom is 0.303 e. The van der Waals surface area contributed by atoms with Crippen LogP contribution in [0.25, 0.3) is 0 Å². The van der Waals surface area contributed by atoms with Gasteiger partial charge in [-0.1, -0.05) is 13.3 Å². The summed E-state index contributed by atoms with van der Waals surface area (Å²) in [6.07, 6.45) is 5.28. The summed E-state index contributed by atoms with van der Waals surface area (Å²) in [6.45, 7) is 5.72. The molecule has 4 nitrogen and oxygen atoms in total. The summed E-state index contributed by atoms with van der Waals surface area (Å²) >= 11 is 1.74. The van der Waals surface area contributed by atoms with E-state index in [1.807, 2.05) is 11.8 Å². The first-order chi connectivity index (χ1) is 9.54. The highest BCUT2D eigenvalue weighted by Crippen LogP contribution is 2.24. The number of nitrogens with zero attached hydrogens (tertiary/aromatic N) is 1. The Hall–Kier alpha value is -0.710. The number of carbonyl (C=O) groups is 2. The van der Waals surface area contributed by atoms with E-state index >= 15 is 0 Å². The predicted octanol–water partition coefficient (Wildman–Crippen LogP) is 3.01. The number of carboxylic acids is 1. The van der Waals surface area contributed by atoms with Crippen molar-refractivity contribution in [1.82, 2.24) is 4.90 Å². The molecule has 116 valence electrons. The number of rotatable bonds is 8. The zero-order valence-electron chi connectivity index (χ0n) is 12.6. The second-order valence-electron chi connectivity index (χ2n) is 5.59. The van der Waals surface area contributed by atoms with E-state index < -0.39 is 5.97 Å². The van der Waals surface area contributed by atoms with Crippen molar-refractivity contribution >= 4 is 23.6 Å². The normalized spacial score (nSPS) is 20.7. The van der Waals surface area contributed by atoms with Crippen molar-refractivity contribution in [3.05, 3.63) is 0 Å². The van der Waals surface area contributed by atoms with Crippen LogP contribution >= 0.6 is 11.8 Å². The Kier molecular flexibility index (Phi) is 8.04. The largest absolute Gasteiger partial charge is 0.481 e. The van der Waals surface area contributed by atoms with Gasteiger partial charge in [0.25, 0.3) is 0 Å². The summed E-state index contributed by atoms with van der Waals surface area (Å²) < 4.78 is 0. The molecule has 1 N–H and O–H groups in total. The number of piperidine rings is 1. The summed E-state index contributed by atoms with van der Waals surface area (Å²) in [5, 5.41) is 8.77. The fraction of sp³-hybridized carbons (Fsp3) is 0.867. The molecule has 1 saturated heterocycles. The van der Waals surface area contributed by atoms with Crippen LogP contribution in [0.1, 0.15) is 52.4 Å². The Bertz CT molecular complexity index is 322. The van der Waals surface area contributed by atoms with E-state index in [0.29, 0.717) is 12.3 Å². The topological polar surface area (TPSA) is 57.6 Å². The molecular formula is C15H27NO3S. The molecule has 1 amide bonds. The average Bonchev–Trinajstić information content (AvgIpc) is 2.44. The number of hydrogen-bond donors (Lipinski definition) is 1. The third kappa shape index (κ3) is 6.16. The van der Waals surface area contributed by atoms with Crippen molar-refractivity contribution < 1.29 is 14.7 Å². The zero-order chi connectivity index (χ0) is 15.0. The Morgan fingerprint density at radius 2 is 2.20 bits per heavy atom. The Balaban J connectivity index is 2.37. The van der Waals surface area contributed by atoms with Gasteiger partial charge in [-0.25, -0.2) is 0 Å². The highest BCUT2D eigenvalue weighted by atomic mass is 32.2. The van der Waals surface area contributed by atoms with Crippen molar-refractivity contribution in [3.63, 3.8) is 0 Å². The monoisotopic (exact) mass is 301 g/mol. The number of thioether (sulfide) groups is 1. The molecule has 0 aliphatic carbocycles.